The Balaban J connectivity index is 2.04. The van der Waals surface area contributed by atoms with Crippen LogP contribution in [0.4, 0.5) is 5.69 Å². The number of para-hydroxylation sites is 1. The molecular weight excluding hydrogens is 250 g/mol. The highest BCUT2D eigenvalue weighted by Gasteiger charge is 2.22. The van der Waals surface area contributed by atoms with Crippen molar-refractivity contribution in [3.05, 3.63) is 42.5 Å². The van der Waals surface area contributed by atoms with E-state index in [1.807, 2.05) is 42.2 Å². The molecule has 1 amide bonds. The van der Waals surface area contributed by atoms with Gasteiger partial charge in [0.15, 0.2) is 0 Å². The molecule has 0 fully saturated rings. The molecule has 1 aromatic carbocycles. The summed E-state index contributed by atoms with van der Waals surface area (Å²) in [4.78, 5) is 16.5. The molecule has 1 aliphatic heterocycles. The topological polar surface area (TPSA) is 49.6 Å². The zero-order chi connectivity index (χ0) is 14.4. The fourth-order valence-corrected chi connectivity index (χ4v) is 2.58. The van der Waals surface area contributed by atoms with E-state index >= 15 is 0 Å². The van der Waals surface area contributed by atoms with Crippen LogP contribution in [0, 0.1) is 0 Å². The summed E-state index contributed by atoms with van der Waals surface area (Å²) in [6.07, 6.45) is 5.24. The van der Waals surface area contributed by atoms with Crippen LogP contribution in [0.3, 0.4) is 0 Å². The maximum Gasteiger partial charge on any atom is 0.241 e. The molecule has 2 rings (SSSR count). The number of nitrogens with zero attached hydrogens (tertiary/aromatic N) is 2. The van der Waals surface area contributed by atoms with Gasteiger partial charge < -0.3 is 10.6 Å². The SMILES string of the molecule is CCN(C(=O)CN1CCC=CC1CN)c1ccccc1. The summed E-state index contributed by atoms with van der Waals surface area (Å²) >= 11 is 0. The van der Waals surface area contributed by atoms with E-state index in [-0.39, 0.29) is 11.9 Å². The van der Waals surface area contributed by atoms with E-state index in [0.29, 0.717) is 19.6 Å². The summed E-state index contributed by atoms with van der Waals surface area (Å²) in [5.74, 6) is 0.132. The third-order valence-electron chi connectivity index (χ3n) is 3.68. The van der Waals surface area contributed by atoms with Crippen molar-refractivity contribution in [2.24, 2.45) is 5.73 Å². The maximum atomic E-state index is 12.5. The van der Waals surface area contributed by atoms with Crippen molar-refractivity contribution in [3.8, 4) is 0 Å². The lowest BCUT2D eigenvalue weighted by molar-refractivity contribution is -0.120. The average Bonchev–Trinajstić information content (AvgIpc) is 2.49. The normalized spacial score (nSPS) is 19.0. The molecule has 0 saturated carbocycles. The Bertz CT molecular complexity index is 458. The molecular formula is C16H23N3O. The Morgan fingerprint density at radius 1 is 1.40 bits per heavy atom. The molecule has 4 heteroatoms. The van der Waals surface area contributed by atoms with Crippen LogP contribution in [0.2, 0.25) is 0 Å². The number of carbonyl (C=O) groups is 1. The summed E-state index contributed by atoms with van der Waals surface area (Å²) in [6.45, 7) is 4.56. The minimum atomic E-state index is 0.132. The minimum Gasteiger partial charge on any atom is -0.329 e. The number of likely N-dealkylation sites (N-methyl/N-ethyl adjacent to an activating group) is 1. The molecule has 0 radical (unpaired) electrons. The molecule has 1 heterocycles. The first-order valence-electron chi connectivity index (χ1n) is 7.22. The fraction of sp³-hybridized carbons (Fsp3) is 0.438. The number of nitrogens with two attached hydrogens (primary N) is 1. The number of anilines is 1. The fourth-order valence-electron chi connectivity index (χ4n) is 2.58. The van der Waals surface area contributed by atoms with Gasteiger partial charge in [-0.1, -0.05) is 30.4 Å². The first kappa shape index (κ1) is 14.8. The lowest BCUT2D eigenvalue weighted by atomic mass is 10.1. The molecule has 2 N–H and O–H groups in total. The van der Waals surface area contributed by atoms with Gasteiger partial charge in [0.25, 0.3) is 0 Å². The second kappa shape index (κ2) is 7.22. The van der Waals surface area contributed by atoms with Gasteiger partial charge in [-0.3, -0.25) is 9.69 Å². The molecule has 0 aromatic heterocycles. The van der Waals surface area contributed by atoms with Crippen LogP contribution < -0.4 is 10.6 Å². The molecule has 108 valence electrons. The van der Waals surface area contributed by atoms with Crippen LogP contribution in [-0.4, -0.2) is 43.0 Å². The summed E-state index contributed by atoms with van der Waals surface area (Å²) < 4.78 is 0. The number of hydrogen-bond donors (Lipinski definition) is 1. The Morgan fingerprint density at radius 3 is 2.80 bits per heavy atom. The molecule has 1 aliphatic rings. The van der Waals surface area contributed by atoms with Crippen molar-refractivity contribution in [2.75, 3.05) is 31.1 Å². The van der Waals surface area contributed by atoms with Crippen molar-refractivity contribution >= 4 is 11.6 Å². The van der Waals surface area contributed by atoms with E-state index in [9.17, 15) is 4.79 Å². The summed E-state index contributed by atoms with van der Waals surface area (Å²) in [5, 5.41) is 0. The largest absolute Gasteiger partial charge is 0.329 e. The molecule has 1 aromatic rings. The molecule has 4 nitrogen and oxygen atoms in total. The molecule has 1 unspecified atom stereocenters. The van der Waals surface area contributed by atoms with Crippen molar-refractivity contribution in [1.29, 1.82) is 0 Å². The van der Waals surface area contributed by atoms with E-state index in [1.165, 1.54) is 0 Å². The predicted octanol–water partition coefficient (Wildman–Crippen LogP) is 1.63. The van der Waals surface area contributed by atoms with Crippen molar-refractivity contribution in [1.82, 2.24) is 4.90 Å². The van der Waals surface area contributed by atoms with Crippen LogP contribution in [0.25, 0.3) is 0 Å². The molecule has 1 atom stereocenters. The smallest absolute Gasteiger partial charge is 0.241 e. The highest BCUT2D eigenvalue weighted by atomic mass is 16.2. The lowest BCUT2D eigenvalue weighted by Crippen LogP contribution is -2.48. The second-order valence-corrected chi connectivity index (χ2v) is 4.96. The lowest BCUT2D eigenvalue weighted by Gasteiger charge is -2.32. The molecule has 0 spiro atoms. The first-order chi connectivity index (χ1) is 9.76. The third-order valence-corrected chi connectivity index (χ3v) is 3.68. The number of benzene rings is 1. The Hall–Kier alpha value is -1.65. The van der Waals surface area contributed by atoms with Gasteiger partial charge in [-0.25, -0.2) is 0 Å². The van der Waals surface area contributed by atoms with E-state index in [0.717, 1.165) is 18.7 Å². The molecule has 0 saturated heterocycles. The highest BCUT2D eigenvalue weighted by molar-refractivity contribution is 5.94. The van der Waals surface area contributed by atoms with E-state index in [2.05, 4.69) is 17.1 Å². The van der Waals surface area contributed by atoms with Gasteiger partial charge in [-0.05, 0) is 25.5 Å². The van der Waals surface area contributed by atoms with E-state index in [1.54, 1.807) is 0 Å². The van der Waals surface area contributed by atoms with Crippen LogP contribution in [0.1, 0.15) is 13.3 Å². The quantitative estimate of drug-likeness (QED) is 0.830. The average molecular weight is 273 g/mol. The van der Waals surface area contributed by atoms with Crippen LogP contribution in [0.15, 0.2) is 42.5 Å². The molecule has 20 heavy (non-hydrogen) atoms. The van der Waals surface area contributed by atoms with Crippen LogP contribution in [-0.2, 0) is 4.79 Å². The van der Waals surface area contributed by atoms with Crippen molar-refractivity contribution < 1.29 is 4.79 Å². The Morgan fingerprint density at radius 2 is 2.15 bits per heavy atom. The standard InChI is InChI=1S/C16H23N3O/c1-2-19(14-8-4-3-5-9-14)16(20)13-18-11-7-6-10-15(18)12-17/h3-6,8-10,15H,2,7,11-13,17H2,1H3. The first-order valence-corrected chi connectivity index (χ1v) is 7.22. The van der Waals surface area contributed by atoms with Gasteiger partial charge in [-0.2, -0.15) is 0 Å². The monoisotopic (exact) mass is 273 g/mol. The van der Waals surface area contributed by atoms with Crippen molar-refractivity contribution in [3.63, 3.8) is 0 Å². The minimum absolute atomic E-state index is 0.132. The number of amides is 1. The number of hydrogen-bond acceptors (Lipinski definition) is 3. The van der Waals surface area contributed by atoms with Crippen molar-refractivity contribution in [2.45, 2.75) is 19.4 Å². The molecule has 0 aliphatic carbocycles. The van der Waals surface area contributed by atoms with Gasteiger partial charge in [-0.15, -0.1) is 0 Å². The number of rotatable bonds is 5. The summed E-state index contributed by atoms with van der Waals surface area (Å²) in [7, 11) is 0. The maximum absolute atomic E-state index is 12.5. The van der Waals surface area contributed by atoms with E-state index < -0.39 is 0 Å². The Labute approximate surface area is 120 Å². The molecule has 0 bridgehead atoms. The zero-order valence-electron chi connectivity index (χ0n) is 12.0. The van der Waals surface area contributed by atoms with Gasteiger partial charge in [0.1, 0.15) is 0 Å². The van der Waals surface area contributed by atoms with Crippen LogP contribution in [0.5, 0.6) is 0 Å². The summed E-state index contributed by atoms with van der Waals surface area (Å²) in [5.41, 5.74) is 6.73. The Kier molecular flexibility index (Phi) is 5.32. The van der Waals surface area contributed by atoms with E-state index in [4.69, 9.17) is 5.73 Å². The summed E-state index contributed by atoms with van der Waals surface area (Å²) in [6, 6.07) is 9.99. The third kappa shape index (κ3) is 3.46. The van der Waals surface area contributed by atoms with Gasteiger partial charge in [0, 0.05) is 31.4 Å². The highest BCUT2D eigenvalue weighted by Crippen LogP contribution is 2.15. The van der Waals surface area contributed by atoms with Gasteiger partial charge >= 0.3 is 0 Å². The van der Waals surface area contributed by atoms with Gasteiger partial charge in [0.2, 0.25) is 5.91 Å². The predicted molar refractivity (Wildman–Crippen MR) is 82.6 cm³/mol. The van der Waals surface area contributed by atoms with Gasteiger partial charge in [0.05, 0.1) is 6.54 Å². The number of carbonyl (C=O) groups excluding carboxylic acids is 1. The zero-order valence-corrected chi connectivity index (χ0v) is 12.0. The second-order valence-electron chi connectivity index (χ2n) is 4.96. The van der Waals surface area contributed by atoms with Crippen LogP contribution >= 0.6 is 0 Å².